The van der Waals surface area contributed by atoms with Crippen LogP contribution in [0.3, 0.4) is 0 Å². The summed E-state index contributed by atoms with van der Waals surface area (Å²) in [5, 5.41) is 10.8. The summed E-state index contributed by atoms with van der Waals surface area (Å²) in [6, 6.07) is 11.5. The van der Waals surface area contributed by atoms with E-state index in [1.54, 1.807) is 17.0 Å². The average Bonchev–Trinajstić information content (AvgIpc) is 2.80. The van der Waals surface area contributed by atoms with Crippen LogP contribution in [0.15, 0.2) is 36.4 Å². The number of rotatable bonds is 5. The molecule has 0 bridgehead atoms. The van der Waals surface area contributed by atoms with Crippen LogP contribution in [-0.2, 0) is 13.0 Å². The van der Waals surface area contributed by atoms with Crippen LogP contribution in [0.25, 0.3) is 0 Å². The van der Waals surface area contributed by atoms with E-state index < -0.39 is 11.7 Å². The number of aromatic nitrogens is 1. The summed E-state index contributed by atoms with van der Waals surface area (Å²) in [5.41, 5.74) is 2.54. The van der Waals surface area contributed by atoms with Crippen LogP contribution in [0, 0.1) is 0 Å². The van der Waals surface area contributed by atoms with Gasteiger partial charge in [-0.3, -0.25) is 14.5 Å². The van der Waals surface area contributed by atoms with E-state index in [-0.39, 0.29) is 29.8 Å². The van der Waals surface area contributed by atoms with Gasteiger partial charge in [0.1, 0.15) is 16.9 Å². The van der Waals surface area contributed by atoms with Gasteiger partial charge in [0.25, 0.3) is 5.91 Å². The molecule has 1 unspecified atom stereocenters. The Labute approximate surface area is 182 Å². The second kappa shape index (κ2) is 8.40. The smallest absolute Gasteiger partial charge is 0.259 e. The highest BCUT2D eigenvalue weighted by atomic mass is 16.5. The first kappa shape index (κ1) is 21.5. The van der Waals surface area contributed by atoms with Crippen LogP contribution in [0.2, 0.25) is 0 Å². The highest BCUT2D eigenvalue weighted by molar-refractivity contribution is 5.98. The molecule has 4 rings (SSSR count). The van der Waals surface area contributed by atoms with Crippen LogP contribution in [0.5, 0.6) is 5.88 Å². The standard InChI is InChI=1S/C24H29N3O4/c1-16(28)21-9-8-20-22(25-21)31-24(2,3)15-27(23(20)30)14-19(29)13-26-11-10-17-6-4-5-7-18(17)12-26/h4-9,19,29H,10-15H2,1-3H3. The first-order valence-corrected chi connectivity index (χ1v) is 10.7. The normalized spacial score (nSPS) is 19.1. The van der Waals surface area contributed by atoms with Crippen molar-refractivity contribution in [1.82, 2.24) is 14.8 Å². The molecule has 2 aromatic rings. The molecule has 1 aromatic carbocycles. The first-order chi connectivity index (χ1) is 14.7. The van der Waals surface area contributed by atoms with E-state index in [1.807, 2.05) is 19.9 Å². The van der Waals surface area contributed by atoms with Gasteiger partial charge in [-0.05, 0) is 43.5 Å². The van der Waals surface area contributed by atoms with Gasteiger partial charge in [0, 0.05) is 33.1 Å². The van der Waals surface area contributed by atoms with Gasteiger partial charge in [0.05, 0.1) is 12.6 Å². The quantitative estimate of drug-likeness (QED) is 0.744. The van der Waals surface area contributed by atoms with E-state index in [9.17, 15) is 14.7 Å². The van der Waals surface area contributed by atoms with Crippen LogP contribution in [0.4, 0.5) is 0 Å². The van der Waals surface area contributed by atoms with Gasteiger partial charge >= 0.3 is 0 Å². The van der Waals surface area contributed by atoms with Crippen molar-refractivity contribution < 1.29 is 19.4 Å². The topological polar surface area (TPSA) is 83.0 Å². The summed E-state index contributed by atoms with van der Waals surface area (Å²) in [6.45, 7) is 7.88. The Morgan fingerprint density at radius 2 is 1.94 bits per heavy atom. The van der Waals surface area contributed by atoms with Gasteiger partial charge in [-0.1, -0.05) is 24.3 Å². The van der Waals surface area contributed by atoms with Crippen molar-refractivity contribution in [3.63, 3.8) is 0 Å². The minimum atomic E-state index is -0.701. The highest BCUT2D eigenvalue weighted by Crippen LogP contribution is 2.28. The molecular weight excluding hydrogens is 394 g/mol. The molecule has 3 heterocycles. The maximum Gasteiger partial charge on any atom is 0.259 e. The number of hydrogen-bond acceptors (Lipinski definition) is 6. The Balaban J connectivity index is 1.47. The number of nitrogens with zero attached hydrogens (tertiary/aromatic N) is 3. The van der Waals surface area contributed by atoms with Crippen molar-refractivity contribution >= 4 is 11.7 Å². The molecular formula is C24H29N3O4. The fourth-order valence-corrected chi connectivity index (χ4v) is 4.34. The Morgan fingerprint density at radius 1 is 1.19 bits per heavy atom. The molecule has 2 aliphatic rings. The number of aliphatic hydroxyl groups excluding tert-OH is 1. The second-order valence-corrected chi connectivity index (χ2v) is 9.06. The van der Waals surface area contributed by atoms with Crippen molar-refractivity contribution in [2.45, 2.75) is 45.4 Å². The molecule has 0 fully saturated rings. The fourth-order valence-electron chi connectivity index (χ4n) is 4.34. The van der Waals surface area contributed by atoms with Gasteiger partial charge in [-0.2, -0.15) is 0 Å². The molecule has 0 aliphatic carbocycles. The van der Waals surface area contributed by atoms with Crippen LogP contribution in [-0.4, -0.2) is 69.5 Å². The molecule has 0 radical (unpaired) electrons. The SMILES string of the molecule is CC(=O)c1ccc2c(n1)OC(C)(C)CN(CC(O)CN1CCc3ccccc3C1)C2=O. The van der Waals surface area contributed by atoms with Crippen molar-refractivity contribution in [3.8, 4) is 5.88 Å². The van der Waals surface area contributed by atoms with E-state index in [1.165, 1.54) is 18.1 Å². The Morgan fingerprint density at radius 3 is 2.68 bits per heavy atom. The molecule has 7 nitrogen and oxygen atoms in total. The number of ether oxygens (including phenoxy) is 1. The number of carbonyl (C=O) groups excluding carboxylic acids is 2. The maximum atomic E-state index is 13.2. The molecule has 1 N–H and O–H groups in total. The van der Waals surface area contributed by atoms with E-state index in [2.05, 4.69) is 28.1 Å². The van der Waals surface area contributed by atoms with E-state index in [0.717, 1.165) is 19.5 Å². The third-order valence-electron chi connectivity index (χ3n) is 5.79. The minimum absolute atomic E-state index is 0.173. The lowest BCUT2D eigenvalue weighted by Gasteiger charge is -2.33. The molecule has 7 heteroatoms. The van der Waals surface area contributed by atoms with E-state index in [4.69, 9.17) is 4.74 Å². The molecule has 1 amide bonds. The molecule has 0 spiro atoms. The Kier molecular flexibility index (Phi) is 5.81. The number of hydrogen-bond donors (Lipinski definition) is 1. The number of β-amino-alcohol motifs (C(OH)–C–C–N with tert-alkyl or cyclic N) is 1. The third-order valence-corrected chi connectivity index (χ3v) is 5.79. The third kappa shape index (κ3) is 4.78. The molecule has 1 atom stereocenters. The summed E-state index contributed by atoms with van der Waals surface area (Å²) in [4.78, 5) is 33.0. The number of fused-ring (bicyclic) bond motifs is 2. The number of ketones is 1. The van der Waals surface area contributed by atoms with Crippen molar-refractivity contribution in [2.24, 2.45) is 0 Å². The van der Waals surface area contributed by atoms with Crippen LogP contribution in [0.1, 0.15) is 52.7 Å². The zero-order valence-corrected chi connectivity index (χ0v) is 18.3. The number of Topliss-reactive ketones (excluding diaryl/α,β-unsaturated/α-hetero) is 1. The Bertz CT molecular complexity index is 1000. The fraction of sp³-hybridized carbons (Fsp3) is 0.458. The number of pyridine rings is 1. The minimum Gasteiger partial charge on any atom is -0.469 e. The molecule has 0 saturated carbocycles. The molecule has 2 aliphatic heterocycles. The Hall–Kier alpha value is -2.77. The van der Waals surface area contributed by atoms with Gasteiger partial charge in [-0.15, -0.1) is 0 Å². The monoisotopic (exact) mass is 423 g/mol. The van der Waals surface area contributed by atoms with Gasteiger partial charge in [0.15, 0.2) is 5.78 Å². The zero-order valence-electron chi connectivity index (χ0n) is 18.3. The second-order valence-electron chi connectivity index (χ2n) is 9.06. The first-order valence-electron chi connectivity index (χ1n) is 10.7. The zero-order chi connectivity index (χ0) is 22.2. The lowest BCUT2D eigenvalue weighted by atomic mass is 9.99. The molecule has 164 valence electrons. The van der Waals surface area contributed by atoms with E-state index in [0.29, 0.717) is 18.7 Å². The van der Waals surface area contributed by atoms with Crippen LogP contribution >= 0.6 is 0 Å². The number of amides is 1. The summed E-state index contributed by atoms with van der Waals surface area (Å²) < 4.78 is 5.99. The lowest BCUT2D eigenvalue weighted by Crippen LogP contribution is -2.48. The van der Waals surface area contributed by atoms with Gasteiger partial charge in [0.2, 0.25) is 5.88 Å². The number of aliphatic hydroxyl groups is 1. The van der Waals surface area contributed by atoms with E-state index >= 15 is 0 Å². The van der Waals surface area contributed by atoms with Crippen molar-refractivity contribution in [1.29, 1.82) is 0 Å². The van der Waals surface area contributed by atoms with Crippen LogP contribution < -0.4 is 4.74 Å². The summed E-state index contributed by atoms with van der Waals surface area (Å²) in [5.74, 6) is -0.255. The maximum absolute atomic E-state index is 13.2. The molecule has 31 heavy (non-hydrogen) atoms. The van der Waals surface area contributed by atoms with Crippen molar-refractivity contribution in [3.05, 3.63) is 58.8 Å². The summed E-state index contributed by atoms with van der Waals surface area (Å²) in [6.07, 6.45) is 0.278. The molecule has 1 aromatic heterocycles. The van der Waals surface area contributed by atoms with Gasteiger partial charge in [-0.25, -0.2) is 4.98 Å². The van der Waals surface area contributed by atoms with Gasteiger partial charge < -0.3 is 14.7 Å². The predicted molar refractivity (Wildman–Crippen MR) is 116 cm³/mol. The highest BCUT2D eigenvalue weighted by Gasteiger charge is 2.36. The largest absolute Gasteiger partial charge is 0.469 e. The number of carbonyl (C=O) groups is 2. The average molecular weight is 424 g/mol. The lowest BCUT2D eigenvalue weighted by molar-refractivity contribution is 0.0277. The van der Waals surface area contributed by atoms with Crippen molar-refractivity contribution in [2.75, 3.05) is 26.2 Å². The molecule has 0 saturated heterocycles. The number of benzene rings is 1. The summed E-state index contributed by atoms with van der Waals surface area (Å²) >= 11 is 0. The summed E-state index contributed by atoms with van der Waals surface area (Å²) in [7, 11) is 0. The predicted octanol–water partition coefficient (Wildman–Crippen LogP) is 2.32.